The maximum Gasteiger partial charge on any atom is 0.211 e. The minimum absolute atomic E-state index is 0.145. The Hall–Kier alpha value is -0.250. The van der Waals surface area contributed by atoms with E-state index in [2.05, 4.69) is 4.90 Å². The summed E-state index contributed by atoms with van der Waals surface area (Å²) in [5.41, 5.74) is 5.80. The first-order valence-corrected chi connectivity index (χ1v) is 8.22. The molecule has 1 unspecified atom stereocenters. The molecule has 2 N–H and O–H groups in total. The van der Waals surface area contributed by atoms with Gasteiger partial charge in [0.2, 0.25) is 10.0 Å². The molecule has 1 aliphatic heterocycles. The lowest BCUT2D eigenvalue weighted by Crippen LogP contribution is -2.54. The van der Waals surface area contributed by atoms with E-state index in [-0.39, 0.29) is 12.3 Å². The van der Waals surface area contributed by atoms with E-state index in [0.29, 0.717) is 39.1 Å². The number of piperazine rings is 1. The van der Waals surface area contributed by atoms with Crippen molar-refractivity contribution in [3.05, 3.63) is 0 Å². The number of hydrogen-bond acceptors (Lipinski definition) is 6. The zero-order valence-corrected chi connectivity index (χ0v) is 12.7. The Labute approximate surface area is 115 Å². The van der Waals surface area contributed by atoms with Gasteiger partial charge < -0.3 is 15.2 Å². The van der Waals surface area contributed by atoms with Crippen LogP contribution in [0.25, 0.3) is 0 Å². The second-order valence-corrected chi connectivity index (χ2v) is 6.71. The van der Waals surface area contributed by atoms with Crippen LogP contribution in [0.1, 0.15) is 6.42 Å². The standard InChI is InChI=1S/C11H25N3O4S/c1-17-11(18-2)8-10(9-12)13-4-6-14(7-5-13)19(3,15)16/h10-11H,4-9,12H2,1-3H3. The van der Waals surface area contributed by atoms with Crippen molar-refractivity contribution in [1.82, 2.24) is 9.21 Å². The largest absolute Gasteiger partial charge is 0.356 e. The molecule has 0 bridgehead atoms. The zero-order valence-electron chi connectivity index (χ0n) is 11.9. The third kappa shape index (κ3) is 4.97. The Morgan fingerprint density at radius 3 is 2.05 bits per heavy atom. The molecule has 7 nitrogen and oxygen atoms in total. The molecule has 1 atom stereocenters. The van der Waals surface area contributed by atoms with E-state index in [1.807, 2.05) is 0 Å². The number of rotatable bonds is 7. The molecule has 0 saturated carbocycles. The van der Waals surface area contributed by atoms with Crippen molar-refractivity contribution in [3.63, 3.8) is 0 Å². The summed E-state index contributed by atoms with van der Waals surface area (Å²) in [6.45, 7) is 2.91. The van der Waals surface area contributed by atoms with Crippen LogP contribution < -0.4 is 5.73 Å². The van der Waals surface area contributed by atoms with Crippen molar-refractivity contribution in [2.75, 3.05) is 53.2 Å². The van der Waals surface area contributed by atoms with Crippen molar-refractivity contribution in [3.8, 4) is 0 Å². The van der Waals surface area contributed by atoms with Crippen molar-refractivity contribution >= 4 is 10.0 Å². The maximum atomic E-state index is 11.4. The van der Waals surface area contributed by atoms with E-state index < -0.39 is 10.0 Å². The van der Waals surface area contributed by atoms with Gasteiger partial charge in [-0.3, -0.25) is 4.90 Å². The molecule has 0 aliphatic carbocycles. The molecule has 0 aromatic carbocycles. The average molecular weight is 295 g/mol. The van der Waals surface area contributed by atoms with E-state index in [1.54, 1.807) is 14.2 Å². The fourth-order valence-corrected chi connectivity index (χ4v) is 3.13. The quantitative estimate of drug-likeness (QED) is 0.600. The van der Waals surface area contributed by atoms with Gasteiger partial charge in [0.1, 0.15) is 0 Å². The molecule has 0 amide bonds. The third-order valence-electron chi connectivity index (χ3n) is 3.52. The molecule has 1 rings (SSSR count). The molecule has 0 spiro atoms. The summed E-state index contributed by atoms with van der Waals surface area (Å²) in [5, 5.41) is 0. The number of nitrogens with zero attached hydrogens (tertiary/aromatic N) is 2. The van der Waals surface area contributed by atoms with Crippen LogP contribution in [0.15, 0.2) is 0 Å². The van der Waals surface area contributed by atoms with E-state index in [0.717, 1.165) is 0 Å². The molecule has 1 aliphatic rings. The van der Waals surface area contributed by atoms with Crippen molar-refractivity contribution < 1.29 is 17.9 Å². The minimum atomic E-state index is -3.09. The fraction of sp³-hybridized carbons (Fsp3) is 1.00. The molecule has 1 fully saturated rings. The van der Waals surface area contributed by atoms with Crippen molar-refractivity contribution in [2.45, 2.75) is 18.8 Å². The summed E-state index contributed by atoms with van der Waals surface area (Å²) in [6.07, 6.45) is 1.65. The van der Waals surface area contributed by atoms with Gasteiger partial charge in [0.15, 0.2) is 6.29 Å². The molecular formula is C11H25N3O4S. The SMILES string of the molecule is COC(CC(CN)N1CCN(S(C)(=O)=O)CC1)OC. The van der Waals surface area contributed by atoms with Crippen LogP contribution >= 0.6 is 0 Å². The summed E-state index contributed by atoms with van der Waals surface area (Å²) in [7, 11) is 0.113. The van der Waals surface area contributed by atoms with E-state index in [1.165, 1.54) is 10.6 Å². The lowest BCUT2D eigenvalue weighted by Gasteiger charge is -2.38. The van der Waals surface area contributed by atoms with Gasteiger partial charge in [0.05, 0.1) is 6.26 Å². The van der Waals surface area contributed by atoms with Crippen LogP contribution in [0, 0.1) is 0 Å². The van der Waals surface area contributed by atoms with Crippen LogP contribution in [0.2, 0.25) is 0 Å². The van der Waals surface area contributed by atoms with Gasteiger partial charge in [0.25, 0.3) is 0 Å². The van der Waals surface area contributed by atoms with Gasteiger partial charge in [-0.2, -0.15) is 4.31 Å². The van der Waals surface area contributed by atoms with Gasteiger partial charge in [0, 0.05) is 59.4 Å². The summed E-state index contributed by atoms with van der Waals surface area (Å²) in [5.74, 6) is 0. The first-order valence-electron chi connectivity index (χ1n) is 6.37. The Morgan fingerprint density at radius 1 is 1.16 bits per heavy atom. The van der Waals surface area contributed by atoms with Crippen LogP contribution in [0.4, 0.5) is 0 Å². The third-order valence-corrected chi connectivity index (χ3v) is 4.82. The van der Waals surface area contributed by atoms with Gasteiger partial charge in [-0.15, -0.1) is 0 Å². The Kier molecular flexibility index (Phi) is 6.64. The van der Waals surface area contributed by atoms with Crippen molar-refractivity contribution in [1.29, 1.82) is 0 Å². The normalized spacial score (nSPS) is 20.9. The molecule has 0 aromatic heterocycles. The second kappa shape index (κ2) is 7.51. The van der Waals surface area contributed by atoms with Crippen LogP contribution in [-0.2, 0) is 19.5 Å². The molecule has 0 aromatic rings. The van der Waals surface area contributed by atoms with Gasteiger partial charge in [-0.05, 0) is 0 Å². The van der Waals surface area contributed by atoms with Crippen molar-refractivity contribution in [2.24, 2.45) is 5.73 Å². The average Bonchev–Trinajstić information content (AvgIpc) is 2.39. The number of methoxy groups -OCH3 is 2. The van der Waals surface area contributed by atoms with Crippen LogP contribution in [0.3, 0.4) is 0 Å². The maximum absolute atomic E-state index is 11.4. The Bertz CT molecular complexity index is 351. The topological polar surface area (TPSA) is 85.1 Å². The van der Waals surface area contributed by atoms with E-state index >= 15 is 0 Å². The first-order chi connectivity index (χ1) is 8.92. The van der Waals surface area contributed by atoms with Crippen LogP contribution in [-0.4, -0.2) is 83.2 Å². The lowest BCUT2D eigenvalue weighted by molar-refractivity contribution is -0.117. The number of ether oxygens (including phenoxy) is 2. The summed E-state index contributed by atoms with van der Waals surface area (Å²) in [6, 6.07) is 0.145. The highest BCUT2D eigenvalue weighted by molar-refractivity contribution is 7.88. The molecule has 114 valence electrons. The predicted octanol–water partition coefficient (Wildman–Crippen LogP) is -1.10. The van der Waals surface area contributed by atoms with Gasteiger partial charge in [-0.25, -0.2) is 8.42 Å². The summed E-state index contributed by atoms with van der Waals surface area (Å²) in [4.78, 5) is 2.20. The molecular weight excluding hydrogens is 270 g/mol. The fourth-order valence-electron chi connectivity index (χ4n) is 2.31. The number of sulfonamides is 1. The predicted molar refractivity (Wildman–Crippen MR) is 73.3 cm³/mol. The second-order valence-electron chi connectivity index (χ2n) is 4.72. The highest BCUT2D eigenvalue weighted by atomic mass is 32.2. The van der Waals surface area contributed by atoms with E-state index in [4.69, 9.17) is 15.2 Å². The van der Waals surface area contributed by atoms with Crippen LogP contribution in [0.5, 0.6) is 0 Å². The highest BCUT2D eigenvalue weighted by Crippen LogP contribution is 2.13. The molecule has 19 heavy (non-hydrogen) atoms. The highest BCUT2D eigenvalue weighted by Gasteiger charge is 2.28. The zero-order chi connectivity index (χ0) is 14.5. The first kappa shape index (κ1) is 16.8. The summed E-state index contributed by atoms with van der Waals surface area (Å²) >= 11 is 0. The Morgan fingerprint density at radius 2 is 1.68 bits per heavy atom. The number of nitrogens with two attached hydrogens (primary N) is 1. The smallest absolute Gasteiger partial charge is 0.211 e. The molecule has 0 radical (unpaired) electrons. The number of hydrogen-bond donors (Lipinski definition) is 1. The molecule has 1 saturated heterocycles. The minimum Gasteiger partial charge on any atom is -0.356 e. The van der Waals surface area contributed by atoms with Gasteiger partial charge in [-0.1, -0.05) is 0 Å². The molecule has 8 heteroatoms. The summed E-state index contributed by atoms with van der Waals surface area (Å²) < 4.78 is 34.8. The monoisotopic (exact) mass is 295 g/mol. The van der Waals surface area contributed by atoms with E-state index in [9.17, 15) is 8.42 Å². The Balaban J connectivity index is 2.52. The van der Waals surface area contributed by atoms with Gasteiger partial charge >= 0.3 is 0 Å². The molecule has 1 heterocycles. The lowest BCUT2D eigenvalue weighted by atomic mass is 10.1.